The molecule has 0 bridgehead atoms. The number of anilines is 1. The van der Waals surface area contributed by atoms with Crippen LogP contribution in [0, 0.1) is 0 Å². The number of hydrogen-bond acceptors (Lipinski definition) is 6. The number of amides is 1. The Morgan fingerprint density at radius 2 is 1.38 bits per heavy atom. The fourth-order valence-electron chi connectivity index (χ4n) is 3.93. The van der Waals surface area contributed by atoms with E-state index in [9.17, 15) is 14.4 Å². The van der Waals surface area contributed by atoms with E-state index >= 15 is 0 Å². The molecule has 0 unspecified atom stereocenters. The Hall–Kier alpha value is -4.59. The van der Waals surface area contributed by atoms with E-state index in [1.165, 1.54) is 23.5 Å². The van der Waals surface area contributed by atoms with Gasteiger partial charge < -0.3 is 4.74 Å². The molecule has 0 radical (unpaired) electrons. The van der Waals surface area contributed by atoms with E-state index in [2.05, 4.69) is 10.3 Å². The van der Waals surface area contributed by atoms with Gasteiger partial charge in [0.2, 0.25) is 5.78 Å². The van der Waals surface area contributed by atoms with E-state index in [0.29, 0.717) is 21.3 Å². The third kappa shape index (κ3) is 6.12. The number of aromatic nitrogens is 1. The molecule has 1 N–H and O–H groups in total. The highest BCUT2D eigenvalue weighted by Crippen LogP contribution is 2.28. The lowest BCUT2D eigenvalue weighted by molar-refractivity contribution is 0.0278. The molecule has 1 amide bonds. The topological polar surface area (TPSA) is 85.4 Å². The van der Waals surface area contributed by atoms with Gasteiger partial charge in [0, 0.05) is 27.1 Å². The average molecular weight is 553 g/mol. The van der Waals surface area contributed by atoms with Crippen molar-refractivity contribution in [2.24, 2.45) is 0 Å². The summed E-state index contributed by atoms with van der Waals surface area (Å²) in [5.41, 5.74) is 2.62. The van der Waals surface area contributed by atoms with Crippen LogP contribution < -0.4 is 5.32 Å². The van der Waals surface area contributed by atoms with Gasteiger partial charge in [-0.25, -0.2) is 9.78 Å². The zero-order chi connectivity index (χ0) is 27.2. The van der Waals surface area contributed by atoms with E-state index in [-0.39, 0.29) is 11.1 Å². The summed E-state index contributed by atoms with van der Waals surface area (Å²) in [7, 11) is 0. The number of halogens is 1. The van der Waals surface area contributed by atoms with Crippen molar-refractivity contribution >= 4 is 45.7 Å². The number of carbonyl (C=O) groups is 3. The van der Waals surface area contributed by atoms with Crippen molar-refractivity contribution in [3.63, 3.8) is 0 Å². The molecule has 0 aliphatic heterocycles. The van der Waals surface area contributed by atoms with E-state index in [0.717, 1.165) is 11.3 Å². The summed E-state index contributed by atoms with van der Waals surface area (Å²) in [5.74, 6) is -1.73. The van der Waals surface area contributed by atoms with Gasteiger partial charge in [-0.05, 0) is 24.3 Å². The molecule has 5 rings (SSSR count). The largest absolute Gasteiger partial charge is 0.445 e. The third-order valence-electron chi connectivity index (χ3n) is 5.88. The van der Waals surface area contributed by atoms with Crippen LogP contribution in [0.1, 0.15) is 42.7 Å². The molecular formula is C31H21ClN2O4S. The number of carbonyl (C=O) groups excluding carboxylic acids is 3. The Balaban J connectivity index is 1.39. The minimum atomic E-state index is -1.24. The van der Waals surface area contributed by atoms with Crippen molar-refractivity contribution in [1.29, 1.82) is 0 Å². The molecule has 8 heteroatoms. The first-order valence-electron chi connectivity index (χ1n) is 12.0. The number of rotatable bonds is 8. The van der Waals surface area contributed by atoms with E-state index in [4.69, 9.17) is 16.3 Å². The van der Waals surface area contributed by atoms with Crippen LogP contribution in [0.3, 0.4) is 0 Å². The van der Waals surface area contributed by atoms with Crippen LogP contribution in [-0.2, 0) is 4.74 Å². The van der Waals surface area contributed by atoms with Crippen LogP contribution in [0.25, 0.3) is 11.3 Å². The number of esters is 1. The molecule has 0 spiro atoms. The number of hydrogen-bond donors (Lipinski definition) is 1. The Labute approximate surface area is 233 Å². The maximum absolute atomic E-state index is 13.4. The summed E-state index contributed by atoms with van der Waals surface area (Å²) in [5, 5.41) is 5.48. The van der Waals surface area contributed by atoms with Gasteiger partial charge in [-0.2, -0.15) is 0 Å². The van der Waals surface area contributed by atoms with Gasteiger partial charge in [-0.15, -0.1) is 11.3 Å². The molecule has 1 atom stereocenters. The Morgan fingerprint density at radius 1 is 0.769 bits per heavy atom. The average Bonchev–Trinajstić information content (AvgIpc) is 3.45. The monoisotopic (exact) mass is 552 g/mol. The third-order valence-corrected chi connectivity index (χ3v) is 6.89. The predicted octanol–water partition coefficient (Wildman–Crippen LogP) is 7.50. The van der Waals surface area contributed by atoms with Crippen molar-refractivity contribution in [2.75, 3.05) is 5.32 Å². The zero-order valence-corrected chi connectivity index (χ0v) is 22.0. The molecule has 5 aromatic rings. The quantitative estimate of drug-likeness (QED) is 0.159. The second-order valence-electron chi connectivity index (χ2n) is 8.47. The minimum Gasteiger partial charge on any atom is -0.445 e. The summed E-state index contributed by atoms with van der Waals surface area (Å²) in [4.78, 5) is 44.5. The highest BCUT2D eigenvalue weighted by atomic mass is 35.5. The highest BCUT2D eigenvalue weighted by Gasteiger charge is 2.28. The Morgan fingerprint density at radius 3 is 2.08 bits per heavy atom. The molecule has 1 aromatic heterocycles. The van der Waals surface area contributed by atoms with Crippen molar-refractivity contribution in [2.45, 2.75) is 6.10 Å². The highest BCUT2D eigenvalue weighted by molar-refractivity contribution is 7.14. The smallest absolute Gasteiger partial charge is 0.340 e. The number of ether oxygens (including phenoxy) is 1. The maximum atomic E-state index is 13.4. The molecule has 39 heavy (non-hydrogen) atoms. The van der Waals surface area contributed by atoms with Gasteiger partial charge in [-0.1, -0.05) is 96.5 Å². The summed E-state index contributed by atoms with van der Waals surface area (Å²) in [6, 6.07) is 30.9. The lowest BCUT2D eigenvalue weighted by Crippen LogP contribution is -2.23. The maximum Gasteiger partial charge on any atom is 0.340 e. The normalized spacial score (nSPS) is 11.4. The Kier molecular flexibility index (Phi) is 7.91. The van der Waals surface area contributed by atoms with Gasteiger partial charge in [0.1, 0.15) is 0 Å². The fourth-order valence-corrected chi connectivity index (χ4v) is 4.77. The number of ketones is 1. The van der Waals surface area contributed by atoms with E-state index in [1.54, 1.807) is 66.7 Å². The zero-order valence-electron chi connectivity index (χ0n) is 20.4. The summed E-state index contributed by atoms with van der Waals surface area (Å²) >= 11 is 7.31. The molecule has 0 aliphatic rings. The SMILES string of the molecule is O=C(Nc1nc(-c2ccccc2)cs1)c1ccccc1C(=O)O[C@H](C(=O)c1ccccc1)c1ccc(Cl)cc1. The standard InChI is InChI=1S/C31H21ClN2O4S/c32-23-17-15-22(16-18-23)28(27(35)21-11-5-2-6-12-21)38-30(37)25-14-8-7-13-24(25)29(36)34-31-33-26(19-39-31)20-9-3-1-4-10-20/h1-19,28H,(H,33,34,36)/t28-/m0/s1. The molecule has 0 saturated carbocycles. The van der Waals surface area contributed by atoms with Gasteiger partial charge in [0.05, 0.1) is 16.8 Å². The van der Waals surface area contributed by atoms with Crippen LogP contribution in [0.5, 0.6) is 0 Å². The summed E-state index contributed by atoms with van der Waals surface area (Å²) in [6.07, 6.45) is -1.24. The van der Waals surface area contributed by atoms with Crippen molar-refractivity contribution in [1.82, 2.24) is 4.98 Å². The van der Waals surface area contributed by atoms with Crippen LogP contribution in [-0.4, -0.2) is 22.6 Å². The second kappa shape index (κ2) is 11.9. The number of nitrogens with one attached hydrogen (secondary N) is 1. The molecular weight excluding hydrogens is 532 g/mol. The lowest BCUT2D eigenvalue weighted by Gasteiger charge is -2.18. The number of nitrogens with zero attached hydrogens (tertiary/aromatic N) is 1. The number of thiazole rings is 1. The van der Waals surface area contributed by atoms with Gasteiger partial charge >= 0.3 is 5.97 Å². The summed E-state index contributed by atoms with van der Waals surface area (Å²) in [6.45, 7) is 0. The fraction of sp³-hybridized carbons (Fsp3) is 0.0323. The molecule has 0 aliphatic carbocycles. The minimum absolute atomic E-state index is 0.0228. The first-order valence-corrected chi connectivity index (χ1v) is 13.2. The van der Waals surface area contributed by atoms with Gasteiger partial charge in [-0.3, -0.25) is 14.9 Å². The van der Waals surface area contributed by atoms with E-state index < -0.39 is 23.8 Å². The van der Waals surface area contributed by atoms with Crippen LogP contribution in [0.2, 0.25) is 5.02 Å². The van der Waals surface area contributed by atoms with Crippen molar-refractivity contribution < 1.29 is 19.1 Å². The Bertz CT molecular complexity index is 1620. The molecule has 0 fully saturated rings. The van der Waals surface area contributed by atoms with Gasteiger partial charge in [0.25, 0.3) is 5.91 Å². The molecule has 1 heterocycles. The first kappa shape index (κ1) is 26.0. The first-order chi connectivity index (χ1) is 19.0. The summed E-state index contributed by atoms with van der Waals surface area (Å²) < 4.78 is 5.76. The van der Waals surface area contributed by atoms with Crippen LogP contribution in [0.4, 0.5) is 5.13 Å². The van der Waals surface area contributed by atoms with E-state index in [1.807, 2.05) is 35.7 Å². The number of benzene rings is 4. The molecule has 0 saturated heterocycles. The number of Topliss-reactive ketones (excluding diaryl/α,β-unsaturated/α-hetero) is 1. The molecule has 4 aromatic carbocycles. The van der Waals surface area contributed by atoms with Crippen molar-refractivity contribution in [3.05, 3.63) is 142 Å². The van der Waals surface area contributed by atoms with Crippen molar-refractivity contribution in [3.8, 4) is 11.3 Å². The van der Waals surface area contributed by atoms with Gasteiger partial charge in [0.15, 0.2) is 11.2 Å². The lowest BCUT2D eigenvalue weighted by atomic mass is 9.99. The van der Waals surface area contributed by atoms with Crippen LogP contribution in [0.15, 0.2) is 115 Å². The molecule has 6 nitrogen and oxygen atoms in total. The molecule has 192 valence electrons. The second-order valence-corrected chi connectivity index (χ2v) is 9.77. The predicted molar refractivity (Wildman–Crippen MR) is 152 cm³/mol. The van der Waals surface area contributed by atoms with Crippen LogP contribution >= 0.6 is 22.9 Å².